The lowest BCUT2D eigenvalue weighted by Crippen LogP contribution is -2.18. The molecule has 0 saturated carbocycles. The number of anilines is 1. The van der Waals surface area contributed by atoms with E-state index in [1.54, 1.807) is 6.08 Å². The van der Waals surface area contributed by atoms with Gasteiger partial charge in [0.15, 0.2) is 0 Å². The lowest BCUT2D eigenvalue weighted by atomic mass is 9.88. The minimum Gasteiger partial charge on any atom is -0.459 e. The third kappa shape index (κ3) is 5.11. The van der Waals surface area contributed by atoms with Crippen LogP contribution in [0.3, 0.4) is 0 Å². The Balaban J connectivity index is 1.82. The topological polar surface area (TPSA) is 55.4 Å². The maximum Gasteiger partial charge on any atom is 0.341 e. The quantitative estimate of drug-likeness (QED) is 0.448. The number of nitrogens with one attached hydrogen (secondary N) is 1. The maximum absolute atomic E-state index is 12.7. The van der Waals surface area contributed by atoms with Gasteiger partial charge in [0.2, 0.25) is 5.91 Å². The van der Waals surface area contributed by atoms with E-state index in [2.05, 4.69) is 28.2 Å². The Labute approximate surface area is 178 Å². The van der Waals surface area contributed by atoms with Crippen molar-refractivity contribution in [3.63, 3.8) is 0 Å². The van der Waals surface area contributed by atoms with Gasteiger partial charge in [-0.15, -0.1) is 11.3 Å². The molecule has 1 N–H and O–H groups in total. The Hall–Kier alpha value is -1.92. The lowest BCUT2D eigenvalue weighted by Gasteiger charge is -2.18. The minimum absolute atomic E-state index is 0.202. The maximum atomic E-state index is 12.7. The molecule has 1 heterocycles. The van der Waals surface area contributed by atoms with Gasteiger partial charge in [0.25, 0.3) is 0 Å². The molecule has 1 aliphatic rings. The van der Waals surface area contributed by atoms with Crippen LogP contribution in [0.5, 0.6) is 0 Å². The van der Waals surface area contributed by atoms with Crippen LogP contribution in [0.4, 0.5) is 5.00 Å². The average molecular weight is 462 g/mol. The molecule has 1 aromatic carbocycles. The SMILES string of the molecule is CC1CCc2c(sc(NC(=O)C=Cc3ccc(Br)cc3)c2C(=O)OC(C)C)C1. The van der Waals surface area contributed by atoms with E-state index in [-0.39, 0.29) is 18.0 Å². The first kappa shape index (κ1) is 20.8. The molecule has 0 fully saturated rings. The van der Waals surface area contributed by atoms with Crippen molar-refractivity contribution in [3.05, 3.63) is 56.4 Å². The number of thiophene rings is 1. The molecule has 3 rings (SSSR count). The van der Waals surface area contributed by atoms with E-state index >= 15 is 0 Å². The van der Waals surface area contributed by atoms with Crippen LogP contribution in [0.15, 0.2) is 34.8 Å². The highest BCUT2D eigenvalue weighted by molar-refractivity contribution is 9.10. The molecule has 0 saturated heterocycles. The first-order valence-electron chi connectivity index (χ1n) is 9.43. The smallest absolute Gasteiger partial charge is 0.341 e. The molecule has 4 nitrogen and oxygen atoms in total. The van der Waals surface area contributed by atoms with Gasteiger partial charge in [-0.3, -0.25) is 4.79 Å². The van der Waals surface area contributed by atoms with E-state index in [0.717, 1.165) is 34.9 Å². The number of carbonyl (C=O) groups is 2. The van der Waals surface area contributed by atoms with Crippen LogP contribution in [0.25, 0.3) is 6.08 Å². The molecule has 2 aromatic rings. The highest BCUT2D eigenvalue weighted by Gasteiger charge is 2.29. The Bertz CT molecular complexity index is 899. The van der Waals surface area contributed by atoms with Crippen molar-refractivity contribution in [2.45, 2.75) is 46.1 Å². The van der Waals surface area contributed by atoms with Crippen LogP contribution in [0.2, 0.25) is 0 Å². The molecule has 6 heteroatoms. The van der Waals surface area contributed by atoms with E-state index < -0.39 is 0 Å². The summed E-state index contributed by atoms with van der Waals surface area (Å²) in [5, 5.41) is 3.49. The minimum atomic E-state index is -0.353. The van der Waals surface area contributed by atoms with Gasteiger partial charge < -0.3 is 10.1 Å². The second-order valence-electron chi connectivity index (χ2n) is 7.38. The van der Waals surface area contributed by atoms with Crippen molar-refractivity contribution < 1.29 is 14.3 Å². The normalized spacial score (nSPS) is 16.2. The number of hydrogen-bond acceptors (Lipinski definition) is 4. The molecule has 1 atom stereocenters. The lowest BCUT2D eigenvalue weighted by molar-refractivity contribution is -0.111. The van der Waals surface area contributed by atoms with E-state index in [4.69, 9.17) is 4.74 Å². The van der Waals surface area contributed by atoms with Gasteiger partial charge in [0.05, 0.1) is 11.7 Å². The summed E-state index contributed by atoms with van der Waals surface area (Å²) in [6, 6.07) is 7.69. The highest BCUT2D eigenvalue weighted by Crippen LogP contribution is 2.40. The Morgan fingerprint density at radius 1 is 1.29 bits per heavy atom. The Morgan fingerprint density at radius 2 is 2.00 bits per heavy atom. The van der Waals surface area contributed by atoms with E-state index in [1.165, 1.54) is 22.3 Å². The molecule has 148 valence electrons. The number of amides is 1. The fraction of sp³-hybridized carbons (Fsp3) is 0.364. The monoisotopic (exact) mass is 461 g/mol. The molecule has 28 heavy (non-hydrogen) atoms. The standard InChI is InChI=1S/C22H24BrNO3S/c1-13(2)27-22(26)20-17-10-4-14(3)12-18(17)28-21(20)24-19(25)11-7-15-5-8-16(23)9-6-15/h5-9,11,13-14H,4,10,12H2,1-3H3,(H,24,25). The summed E-state index contributed by atoms with van der Waals surface area (Å²) in [6.45, 7) is 5.88. The largest absolute Gasteiger partial charge is 0.459 e. The van der Waals surface area contributed by atoms with Gasteiger partial charge in [0.1, 0.15) is 5.00 Å². The molecule has 0 spiro atoms. The number of carbonyl (C=O) groups excluding carboxylic acids is 2. The van der Waals surface area contributed by atoms with E-state index in [1.807, 2.05) is 38.1 Å². The second-order valence-corrected chi connectivity index (χ2v) is 9.40. The summed E-state index contributed by atoms with van der Waals surface area (Å²) < 4.78 is 6.43. The van der Waals surface area contributed by atoms with Crippen molar-refractivity contribution >= 4 is 50.2 Å². The summed E-state index contributed by atoms with van der Waals surface area (Å²) in [5.74, 6) is -0.0247. The predicted molar refractivity (Wildman–Crippen MR) is 118 cm³/mol. The molecule has 1 unspecified atom stereocenters. The fourth-order valence-corrected chi connectivity index (χ4v) is 4.89. The van der Waals surface area contributed by atoms with E-state index in [9.17, 15) is 9.59 Å². The number of rotatable bonds is 5. The van der Waals surface area contributed by atoms with Gasteiger partial charge in [-0.2, -0.15) is 0 Å². The highest BCUT2D eigenvalue weighted by atomic mass is 79.9. The van der Waals surface area contributed by atoms with Crippen LogP contribution in [0, 0.1) is 5.92 Å². The zero-order valence-corrected chi connectivity index (χ0v) is 18.7. The van der Waals surface area contributed by atoms with E-state index in [0.29, 0.717) is 16.5 Å². The number of benzene rings is 1. The van der Waals surface area contributed by atoms with Crippen LogP contribution in [0.1, 0.15) is 53.6 Å². The van der Waals surface area contributed by atoms with Crippen LogP contribution >= 0.6 is 27.3 Å². The van der Waals surface area contributed by atoms with Crippen LogP contribution in [-0.2, 0) is 22.4 Å². The Kier molecular flexibility index (Phi) is 6.73. The zero-order valence-electron chi connectivity index (χ0n) is 16.3. The molecule has 1 aromatic heterocycles. The van der Waals surface area contributed by atoms with Crippen molar-refractivity contribution in [2.24, 2.45) is 5.92 Å². The summed E-state index contributed by atoms with van der Waals surface area (Å²) in [7, 11) is 0. The zero-order chi connectivity index (χ0) is 20.3. The van der Waals surface area contributed by atoms with Gasteiger partial charge in [-0.05, 0) is 68.4 Å². The van der Waals surface area contributed by atoms with Crippen LogP contribution in [-0.4, -0.2) is 18.0 Å². The fourth-order valence-electron chi connectivity index (χ4n) is 3.23. The summed E-state index contributed by atoms with van der Waals surface area (Å²) in [6.07, 6.45) is 5.87. The Morgan fingerprint density at radius 3 is 2.68 bits per heavy atom. The number of hydrogen-bond donors (Lipinski definition) is 1. The van der Waals surface area contributed by atoms with Crippen molar-refractivity contribution in [3.8, 4) is 0 Å². The molecular formula is C22H24BrNO3S. The second kappa shape index (κ2) is 9.05. The molecule has 0 aliphatic heterocycles. The van der Waals surface area contributed by atoms with Gasteiger partial charge in [-0.1, -0.05) is 35.0 Å². The number of halogens is 1. The van der Waals surface area contributed by atoms with Crippen LogP contribution < -0.4 is 5.32 Å². The van der Waals surface area contributed by atoms with Gasteiger partial charge in [-0.25, -0.2) is 4.79 Å². The summed E-state index contributed by atoms with van der Waals surface area (Å²) in [4.78, 5) is 26.4. The number of ether oxygens (including phenoxy) is 1. The molecule has 1 amide bonds. The molecule has 0 bridgehead atoms. The van der Waals surface area contributed by atoms with Crippen molar-refractivity contribution in [1.82, 2.24) is 0 Å². The van der Waals surface area contributed by atoms with Crippen molar-refractivity contribution in [2.75, 3.05) is 5.32 Å². The first-order chi connectivity index (χ1) is 13.3. The summed E-state index contributed by atoms with van der Waals surface area (Å²) >= 11 is 4.89. The first-order valence-corrected chi connectivity index (χ1v) is 11.0. The third-order valence-corrected chi connectivity index (χ3v) is 6.29. The van der Waals surface area contributed by atoms with Gasteiger partial charge in [0, 0.05) is 15.4 Å². The average Bonchev–Trinajstić information content (AvgIpc) is 2.97. The molecule has 1 aliphatic carbocycles. The molecule has 0 radical (unpaired) electrons. The number of fused-ring (bicyclic) bond motifs is 1. The summed E-state index contributed by atoms with van der Waals surface area (Å²) in [5.41, 5.74) is 2.50. The molecular weight excluding hydrogens is 438 g/mol. The third-order valence-electron chi connectivity index (χ3n) is 4.59. The van der Waals surface area contributed by atoms with Crippen molar-refractivity contribution in [1.29, 1.82) is 0 Å². The van der Waals surface area contributed by atoms with Gasteiger partial charge >= 0.3 is 5.97 Å². The number of esters is 1. The predicted octanol–water partition coefficient (Wildman–Crippen LogP) is 5.85.